The van der Waals surface area contributed by atoms with E-state index in [2.05, 4.69) is 5.32 Å². The molecule has 98 valence electrons. The quantitative estimate of drug-likeness (QED) is 0.832. The van der Waals surface area contributed by atoms with Gasteiger partial charge in [0.05, 0.1) is 6.42 Å². The molecule has 19 heavy (non-hydrogen) atoms. The Kier molecular flexibility index (Phi) is 3.80. The van der Waals surface area contributed by atoms with Crippen LogP contribution in [0.4, 0.5) is 15.8 Å². The van der Waals surface area contributed by atoms with E-state index in [4.69, 9.17) is 5.73 Å². The van der Waals surface area contributed by atoms with Crippen molar-refractivity contribution in [2.45, 2.75) is 13.3 Å². The van der Waals surface area contributed by atoms with E-state index in [1.165, 1.54) is 12.1 Å². The predicted octanol–water partition coefficient (Wildman–Crippen LogP) is 2.90. The molecule has 2 aromatic rings. The second-order valence-electron chi connectivity index (χ2n) is 4.43. The van der Waals surface area contributed by atoms with Gasteiger partial charge in [0.1, 0.15) is 5.82 Å². The molecule has 4 heteroatoms. The molecule has 3 N–H and O–H groups in total. The Morgan fingerprint density at radius 1 is 1.26 bits per heavy atom. The largest absolute Gasteiger partial charge is 0.399 e. The third-order valence-electron chi connectivity index (χ3n) is 2.81. The van der Waals surface area contributed by atoms with Crippen LogP contribution in [0.15, 0.2) is 42.5 Å². The number of amides is 1. The molecule has 0 aliphatic carbocycles. The van der Waals surface area contributed by atoms with Gasteiger partial charge in [0, 0.05) is 11.4 Å². The topological polar surface area (TPSA) is 55.1 Å². The van der Waals surface area contributed by atoms with Crippen molar-refractivity contribution < 1.29 is 9.18 Å². The second-order valence-corrected chi connectivity index (χ2v) is 4.43. The zero-order valence-electron chi connectivity index (χ0n) is 10.6. The van der Waals surface area contributed by atoms with Crippen LogP contribution in [0.25, 0.3) is 0 Å². The zero-order chi connectivity index (χ0) is 13.8. The molecular weight excluding hydrogens is 243 g/mol. The minimum absolute atomic E-state index is 0.140. The van der Waals surface area contributed by atoms with Crippen LogP contribution in [0.5, 0.6) is 0 Å². The highest BCUT2D eigenvalue weighted by atomic mass is 19.1. The van der Waals surface area contributed by atoms with E-state index in [1.807, 2.05) is 6.92 Å². The Morgan fingerprint density at radius 2 is 2.05 bits per heavy atom. The zero-order valence-corrected chi connectivity index (χ0v) is 10.6. The van der Waals surface area contributed by atoms with Crippen molar-refractivity contribution in [3.63, 3.8) is 0 Å². The highest BCUT2D eigenvalue weighted by Crippen LogP contribution is 2.16. The number of carbonyl (C=O) groups is 1. The van der Waals surface area contributed by atoms with Gasteiger partial charge in [0.15, 0.2) is 0 Å². The van der Waals surface area contributed by atoms with Gasteiger partial charge in [-0.1, -0.05) is 12.1 Å². The number of aryl methyl sites for hydroxylation is 1. The minimum atomic E-state index is -0.339. The fourth-order valence-corrected chi connectivity index (χ4v) is 1.79. The number of halogens is 1. The van der Waals surface area contributed by atoms with Crippen LogP contribution in [0, 0.1) is 12.7 Å². The molecule has 0 fully saturated rings. The Labute approximate surface area is 111 Å². The van der Waals surface area contributed by atoms with Crippen molar-refractivity contribution in [3.8, 4) is 0 Å². The van der Waals surface area contributed by atoms with Gasteiger partial charge in [0.2, 0.25) is 5.91 Å². The number of rotatable bonds is 3. The van der Waals surface area contributed by atoms with Crippen LogP contribution >= 0.6 is 0 Å². The lowest BCUT2D eigenvalue weighted by atomic mass is 10.1. The van der Waals surface area contributed by atoms with Crippen molar-refractivity contribution in [2.24, 2.45) is 0 Å². The average Bonchev–Trinajstić information content (AvgIpc) is 2.34. The van der Waals surface area contributed by atoms with Gasteiger partial charge >= 0.3 is 0 Å². The van der Waals surface area contributed by atoms with Crippen molar-refractivity contribution in [1.29, 1.82) is 0 Å². The Morgan fingerprint density at radius 3 is 2.74 bits per heavy atom. The van der Waals surface area contributed by atoms with Crippen LogP contribution < -0.4 is 11.1 Å². The standard InChI is InChI=1S/C15H15FN2O/c1-10-7-13(5-6-14(10)17)18-15(19)9-11-3-2-4-12(16)8-11/h2-8H,9,17H2,1H3,(H,18,19). The molecule has 3 nitrogen and oxygen atoms in total. The van der Waals surface area contributed by atoms with Crippen LogP contribution in [-0.4, -0.2) is 5.91 Å². The van der Waals surface area contributed by atoms with Gasteiger partial charge in [0.25, 0.3) is 0 Å². The van der Waals surface area contributed by atoms with Crippen molar-refractivity contribution >= 4 is 17.3 Å². The number of benzene rings is 2. The molecule has 0 radical (unpaired) electrons. The number of nitrogen functional groups attached to an aromatic ring is 1. The molecular formula is C15H15FN2O. The van der Waals surface area contributed by atoms with Crippen LogP contribution in [0.1, 0.15) is 11.1 Å². The summed E-state index contributed by atoms with van der Waals surface area (Å²) in [5.74, 6) is -0.525. The summed E-state index contributed by atoms with van der Waals surface area (Å²) in [6.45, 7) is 1.87. The summed E-state index contributed by atoms with van der Waals surface area (Å²) in [4.78, 5) is 11.8. The molecule has 0 aliphatic heterocycles. The highest BCUT2D eigenvalue weighted by Gasteiger charge is 2.05. The van der Waals surface area contributed by atoms with E-state index in [0.717, 1.165) is 5.56 Å². The lowest BCUT2D eigenvalue weighted by molar-refractivity contribution is -0.115. The van der Waals surface area contributed by atoms with Crippen molar-refractivity contribution in [2.75, 3.05) is 11.1 Å². The first kappa shape index (κ1) is 13.1. The van der Waals surface area contributed by atoms with E-state index in [9.17, 15) is 9.18 Å². The molecule has 0 bridgehead atoms. The first-order valence-electron chi connectivity index (χ1n) is 5.95. The van der Waals surface area contributed by atoms with E-state index >= 15 is 0 Å². The average molecular weight is 258 g/mol. The number of anilines is 2. The van der Waals surface area contributed by atoms with Gasteiger partial charge in [-0.05, 0) is 48.4 Å². The summed E-state index contributed by atoms with van der Waals surface area (Å²) in [6, 6.07) is 11.3. The lowest BCUT2D eigenvalue weighted by Crippen LogP contribution is -2.14. The fourth-order valence-electron chi connectivity index (χ4n) is 1.79. The maximum absolute atomic E-state index is 13.0. The molecule has 0 spiro atoms. The van der Waals surface area contributed by atoms with Crippen molar-refractivity contribution in [3.05, 3.63) is 59.4 Å². The van der Waals surface area contributed by atoms with Gasteiger partial charge in [-0.2, -0.15) is 0 Å². The number of hydrogen-bond acceptors (Lipinski definition) is 2. The smallest absolute Gasteiger partial charge is 0.228 e. The molecule has 2 rings (SSSR count). The Hall–Kier alpha value is -2.36. The van der Waals surface area contributed by atoms with Gasteiger partial charge < -0.3 is 11.1 Å². The summed E-state index contributed by atoms with van der Waals surface area (Å²) in [5, 5.41) is 2.76. The predicted molar refractivity (Wildman–Crippen MR) is 74.3 cm³/mol. The van der Waals surface area contributed by atoms with E-state index in [1.54, 1.807) is 30.3 Å². The molecule has 0 aromatic heterocycles. The Balaban J connectivity index is 2.03. The van der Waals surface area contributed by atoms with Crippen molar-refractivity contribution in [1.82, 2.24) is 0 Å². The Bertz CT molecular complexity index is 611. The monoisotopic (exact) mass is 258 g/mol. The number of nitrogens with two attached hydrogens (primary N) is 1. The van der Waals surface area contributed by atoms with Gasteiger partial charge in [-0.25, -0.2) is 4.39 Å². The molecule has 0 saturated carbocycles. The molecule has 0 aliphatic rings. The molecule has 0 heterocycles. The van der Waals surface area contributed by atoms with E-state index < -0.39 is 0 Å². The number of hydrogen-bond donors (Lipinski definition) is 2. The minimum Gasteiger partial charge on any atom is -0.399 e. The summed E-state index contributed by atoms with van der Waals surface area (Å²) in [5.41, 5.74) is 8.63. The normalized spacial score (nSPS) is 10.2. The SMILES string of the molecule is Cc1cc(NC(=O)Cc2cccc(F)c2)ccc1N. The molecule has 0 saturated heterocycles. The maximum Gasteiger partial charge on any atom is 0.228 e. The van der Waals surface area contributed by atoms with E-state index in [0.29, 0.717) is 16.9 Å². The third kappa shape index (κ3) is 3.55. The third-order valence-corrected chi connectivity index (χ3v) is 2.81. The first-order valence-corrected chi connectivity index (χ1v) is 5.95. The summed E-state index contributed by atoms with van der Waals surface area (Å²) < 4.78 is 13.0. The lowest BCUT2D eigenvalue weighted by Gasteiger charge is -2.07. The first-order chi connectivity index (χ1) is 9.04. The summed E-state index contributed by atoms with van der Waals surface area (Å²) in [7, 11) is 0. The molecule has 1 amide bonds. The summed E-state index contributed by atoms with van der Waals surface area (Å²) >= 11 is 0. The van der Waals surface area contributed by atoms with Crippen LogP contribution in [0.3, 0.4) is 0 Å². The number of nitrogens with one attached hydrogen (secondary N) is 1. The van der Waals surface area contributed by atoms with E-state index in [-0.39, 0.29) is 18.1 Å². The van der Waals surface area contributed by atoms with Crippen LogP contribution in [-0.2, 0) is 11.2 Å². The van der Waals surface area contributed by atoms with Gasteiger partial charge in [-0.15, -0.1) is 0 Å². The van der Waals surface area contributed by atoms with Crippen LogP contribution in [0.2, 0.25) is 0 Å². The number of carbonyl (C=O) groups excluding carboxylic acids is 1. The summed E-state index contributed by atoms with van der Waals surface area (Å²) in [6.07, 6.45) is 0.140. The molecule has 0 unspecified atom stereocenters. The second kappa shape index (κ2) is 5.52. The van der Waals surface area contributed by atoms with Gasteiger partial charge in [-0.3, -0.25) is 4.79 Å². The fraction of sp³-hybridized carbons (Fsp3) is 0.133. The molecule has 0 atom stereocenters. The molecule has 2 aromatic carbocycles. The highest BCUT2D eigenvalue weighted by molar-refractivity contribution is 5.92. The maximum atomic E-state index is 13.0.